The Labute approximate surface area is 126 Å². The van der Waals surface area contributed by atoms with E-state index in [4.69, 9.17) is 10.5 Å². The van der Waals surface area contributed by atoms with Gasteiger partial charge in [-0.2, -0.15) is 0 Å². The molecule has 5 nitrogen and oxygen atoms in total. The number of benzene rings is 1. The third kappa shape index (κ3) is 7.11. The van der Waals surface area contributed by atoms with Crippen LogP contribution in [-0.2, 0) is 11.2 Å². The van der Waals surface area contributed by atoms with Crippen LogP contribution in [0.15, 0.2) is 30.3 Å². The summed E-state index contributed by atoms with van der Waals surface area (Å²) >= 11 is 0. The van der Waals surface area contributed by atoms with Gasteiger partial charge in [-0.1, -0.05) is 30.3 Å². The molecule has 0 aliphatic rings. The van der Waals surface area contributed by atoms with Gasteiger partial charge in [0.2, 0.25) is 0 Å². The molecule has 0 unspecified atom stereocenters. The first kappa shape index (κ1) is 17.5. The van der Waals surface area contributed by atoms with Crippen LogP contribution in [0.3, 0.4) is 0 Å². The number of hydrogen-bond donors (Lipinski definition) is 2. The molecular formula is C16H26N2O3. The Kier molecular flexibility index (Phi) is 6.65. The van der Waals surface area contributed by atoms with Crippen LogP contribution in [0.1, 0.15) is 39.2 Å². The smallest absolute Gasteiger partial charge is 0.413 e. The van der Waals surface area contributed by atoms with Crippen LogP contribution in [0.4, 0.5) is 4.79 Å². The summed E-state index contributed by atoms with van der Waals surface area (Å²) in [5, 5.41) is 9.50. The second kappa shape index (κ2) is 8.00. The number of aliphatic hydroxyl groups excluding tert-OH is 1. The van der Waals surface area contributed by atoms with Crippen molar-refractivity contribution in [3.63, 3.8) is 0 Å². The number of aliphatic hydroxyl groups is 1. The summed E-state index contributed by atoms with van der Waals surface area (Å²) in [6, 6.07) is 10.1. The minimum absolute atomic E-state index is 0.374. The van der Waals surface area contributed by atoms with Gasteiger partial charge < -0.3 is 9.84 Å². The van der Waals surface area contributed by atoms with Gasteiger partial charge in [0, 0.05) is 6.54 Å². The Balaban J connectivity index is 2.39. The largest absolute Gasteiger partial charge is 0.444 e. The summed E-state index contributed by atoms with van der Waals surface area (Å²) in [7, 11) is 0. The van der Waals surface area contributed by atoms with E-state index in [0.29, 0.717) is 6.54 Å². The Bertz CT molecular complexity index is 427. The molecule has 0 heterocycles. The number of nitrogens with two attached hydrogens (primary N) is 1. The summed E-state index contributed by atoms with van der Waals surface area (Å²) in [6.07, 6.45) is 0.677. The number of amides is 1. The molecule has 0 bridgehead atoms. The Hall–Kier alpha value is -1.59. The van der Waals surface area contributed by atoms with Crippen LogP contribution in [0.2, 0.25) is 0 Å². The molecule has 0 fully saturated rings. The lowest BCUT2D eigenvalue weighted by Gasteiger charge is -2.28. The highest BCUT2D eigenvalue weighted by Gasteiger charge is 2.24. The molecule has 0 aromatic heterocycles. The van der Waals surface area contributed by atoms with E-state index < -0.39 is 18.0 Å². The first-order chi connectivity index (χ1) is 9.79. The summed E-state index contributed by atoms with van der Waals surface area (Å²) < 4.78 is 5.22. The van der Waals surface area contributed by atoms with Gasteiger partial charge in [0.25, 0.3) is 0 Å². The summed E-state index contributed by atoms with van der Waals surface area (Å²) in [5.41, 5.74) is 6.09. The van der Waals surface area contributed by atoms with Crippen molar-refractivity contribution in [2.45, 2.75) is 52.0 Å². The van der Waals surface area contributed by atoms with E-state index in [2.05, 4.69) is 12.1 Å². The fourth-order valence-electron chi connectivity index (χ4n) is 1.91. The number of carbonyl (C=O) groups excluding carboxylic acids is 1. The zero-order chi connectivity index (χ0) is 15.9. The number of hydrogen-bond acceptors (Lipinski definition) is 4. The van der Waals surface area contributed by atoms with E-state index in [1.54, 1.807) is 20.8 Å². The Morgan fingerprint density at radius 1 is 1.29 bits per heavy atom. The lowest BCUT2D eigenvalue weighted by molar-refractivity contribution is -0.0280. The zero-order valence-corrected chi connectivity index (χ0v) is 13.1. The molecule has 1 rings (SSSR count). The van der Waals surface area contributed by atoms with Crippen molar-refractivity contribution >= 4 is 6.09 Å². The standard InChI is InChI=1S/C16H26N2O3/c1-16(2,3)21-15(20)18(14(17)19)12-8-7-11-13-9-5-4-6-10-13/h4-6,9-10,14,19H,7-8,11-12,17H2,1-3H3/t14-/m0/s1. The number of aryl methyl sites for hydroxylation is 1. The van der Waals surface area contributed by atoms with Crippen molar-refractivity contribution in [1.29, 1.82) is 0 Å². The molecule has 1 aromatic carbocycles. The second-order valence-electron chi connectivity index (χ2n) is 6.03. The normalized spacial score (nSPS) is 12.8. The van der Waals surface area contributed by atoms with E-state index >= 15 is 0 Å². The third-order valence-corrected chi connectivity index (χ3v) is 2.90. The van der Waals surface area contributed by atoms with Gasteiger partial charge in [0.05, 0.1) is 0 Å². The van der Waals surface area contributed by atoms with Crippen LogP contribution >= 0.6 is 0 Å². The average Bonchev–Trinajstić information content (AvgIpc) is 2.37. The number of nitrogens with zero attached hydrogens (tertiary/aromatic N) is 1. The molecule has 0 aliphatic carbocycles. The number of carbonyl (C=O) groups is 1. The van der Waals surface area contributed by atoms with Gasteiger partial charge in [-0.25, -0.2) is 4.79 Å². The van der Waals surface area contributed by atoms with E-state index in [1.807, 2.05) is 18.2 Å². The molecule has 0 saturated heterocycles. The van der Waals surface area contributed by atoms with Gasteiger partial charge in [0.1, 0.15) is 5.60 Å². The Morgan fingerprint density at radius 3 is 2.43 bits per heavy atom. The molecule has 1 atom stereocenters. The maximum Gasteiger partial charge on any atom is 0.413 e. The minimum Gasteiger partial charge on any atom is -0.444 e. The predicted octanol–water partition coefficient (Wildman–Crippen LogP) is 2.48. The molecule has 21 heavy (non-hydrogen) atoms. The lowest BCUT2D eigenvalue weighted by Crippen LogP contribution is -2.48. The van der Waals surface area contributed by atoms with Crippen LogP contribution in [0.5, 0.6) is 0 Å². The number of unbranched alkanes of at least 4 members (excludes halogenated alkanes) is 1. The molecule has 118 valence electrons. The van der Waals surface area contributed by atoms with Crippen molar-refractivity contribution in [3.8, 4) is 0 Å². The highest BCUT2D eigenvalue weighted by molar-refractivity contribution is 5.68. The molecule has 0 aliphatic heterocycles. The van der Waals surface area contributed by atoms with Gasteiger partial charge in [-0.15, -0.1) is 0 Å². The fourth-order valence-corrected chi connectivity index (χ4v) is 1.91. The minimum atomic E-state index is -1.34. The monoisotopic (exact) mass is 294 g/mol. The lowest BCUT2D eigenvalue weighted by atomic mass is 10.1. The molecule has 5 heteroatoms. The SMILES string of the molecule is CC(C)(C)OC(=O)N(CCCCc1ccccc1)[C@H](N)O. The quantitative estimate of drug-likeness (QED) is 0.624. The second-order valence-corrected chi connectivity index (χ2v) is 6.03. The molecule has 0 saturated carbocycles. The van der Waals surface area contributed by atoms with E-state index in [9.17, 15) is 9.90 Å². The fraction of sp³-hybridized carbons (Fsp3) is 0.562. The Morgan fingerprint density at radius 2 is 1.90 bits per heavy atom. The van der Waals surface area contributed by atoms with Gasteiger partial charge in [-0.05, 0) is 45.6 Å². The molecule has 1 amide bonds. The molecule has 0 spiro atoms. The summed E-state index contributed by atoms with van der Waals surface area (Å²) in [4.78, 5) is 13.1. The summed E-state index contributed by atoms with van der Waals surface area (Å²) in [6.45, 7) is 5.71. The van der Waals surface area contributed by atoms with Gasteiger partial charge >= 0.3 is 6.09 Å². The van der Waals surface area contributed by atoms with Gasteiger partial charge in [0.15, 0.2) is 6.35 Å². The third-order valence-electron chi connectivity index (χ3n) is 2.90. The average molecular weight is 294 g/mol. The van der Waals surface area contributed by atoms with E-state index in [-0.39, 0.29) is 0 Å². The van der Waals surface area contributed by atoms with Crippen molar-refractivity contribution in [1.82, 2.24) is 4.90 Å². The van der Waals surface area contributed by atoms with Crippen LogP contribution in [0, 0.1) is 0 Å². The van der Waals surface area contributed by atoms with E-state index in [0.717, 1.165) is 24.2 Å². The van der Waals surface area contributed by atoms with E-state index in [1.165, 1.54) is 5.56 Å². The zero-order valence-electron chi connectivity index (χ0n) is 13.1. The first-order valence-electron chi connectivity index (χ1n) is 7.27. The van der Waals surface area contributed by atoms with Crippen LogP contribution < -0.4 is 5.73 Å². The molecule has 1 aromatic rings. The maximum absolute atomic E-state index is 11.9. The molecular weight excluding hydrogens is 268 g/mol. The van der Waals surface area contributed by atoms with Gasteiger partial charge in [-0.3, -0.25) is 10.6 Å². The highest BCUT2D eigenvalue weighted by Crippen LogP contribution is 2.12. The number of ether oxygens (including phenoxy) is 1. The topological polar surface area (TPSA) is 75.8 Å². The first-order valence-corrected chi connectivity index (χ1v) is 7.27. The predicted molar refractivity (Wildman–Crippen MR) is 82.5 cm³/mol. The number of rotatable bonds is 6. The highest BCUT2D eigenvalue weighted by atomic mass is 16.6. The maximum atomic E-state index is 11.9. The summed E-state index contributed by atoms with van der Waals surface area (Å²) in [5.74, 6) is 0. The molecule has 0 radical (unpaired) electrons. The molecule has 3 N–H and O–H groups in total. The van der Waals surface area contributed by atoms with Crippen molar-refractivity contribution in [3.05, 3.63) is 35.9 Å². The van der Waals surface area contributed by atoms with Crippen LogP contribution in [0.25, 0.3) is 0 Å². The van der Waals surface area contributed by atoms with Crippen molar-refractivity contribution in [2.75, 3.05) is 6.54 Å². The van der Waals surface area contributed by atoms with Crippen molar-refractivity contribution < 1.29 is 14.6 Å². The van der Waals surface area contributed by atoms with Crippen LogP contribution in [-0.4, -0.2) is 34.6 Å². The van der Waals surface area contributed by atoms with Crippen molar-refractivity contribution in [2.24, 2.45) is 5.73 Å².